The van der Waals surface area contributed by atoms with Gasteiger partial charge in [0.2, 0.25) is 0 Å². The van der Waals surface area contributed by atoms with E-state index in [9.17, 15) is 9.59 Å². The Labute approximate surface area is 182 Å². The van der Waals surface area contributed by atoms with Crippen LogP contribution in [-0.2, 0) is 9.53 Å². The molecule has 2 amide bonds. The number of aryl methyl sites for hydroxylation is 1. The Balaban J connectivity index is 1.70. The number of esters is 1. The standard InChI is InChI=1S/C19H20ClN7O4/c1-11-7-13(20)14(8-15(11)31-9-16(28)30-3)26-19(29)25-12(2)17-23-10-24-27(17)18-21-5-4-6-22-18/h4-8,10,12H,9H2,1-3H3,(H2,25,26,29). The first kappa shape index (κ1) is 22.0. The third kappa shape index (κ3) is 5.45. The van der Waals surface area contributed by atoms with Crippen LogP contribution >= 0.6 is 11.6 Å². The topological polar surface area (TPSA) is 133 Å². The number of rotatable bonds is 7. The Bertz CT molecular complexity index is 1070. The van der Waals surface area contributed by atoms with Crippen molar-refractivity contribution in [3.63, 3.8) is 0 Å². The second-order valence-corrected chi connectivity index (χ2v) is 6.77. The molecule has 0 spiro atoms. The number of urea groups is 1. The van der Waals surface area contributed by atoms with Crippen LogP contribution in [0.25, 0.3) is 5.95 Å². The third-order valence-electron chi connectivity index (χ3n) is 4.14. The number of halogens is 1. The summed E-state index contributed by atoms with van der Waals surface area (Å²) in [5.41, 5.74) is 1.01. The molecular formula is C19H20ClN7O4. The molecular weight excluding hydrogens is 426 g/mol. The van der Waals surface area contributed by atoms with Gasteiger partial charge in [0, 0.05) is 18.5 Å². The average Bonchev–Trinajstić information content (AvgIpc) is 3.25. The fourth-order valence-corrected chi connectivity index (χ4v) is 2.89. The number of methoxy groups -OCH3 is 1. The molecule has 3 aromatic rings. The fraction of sp³-hybridized carbons (Fsp3) is 0.263. The van der Waals surface area contributed by atoms with Crippen molar-refractivity contribution in [1.29, 1.82) is 0 Å². The van der Waals surface area contributed by atoms with E-state index in [1.54, 1.807) is 38.4 Å². The number of aromatic nitrogens is 5. The molecule has 2 N–H and O–H groups in total. The first-order valence-corrected chi connectivity index (χ1v) is 9.51. The van der Waals surface area contributed by atoms with E-state index in [0.29, 0.717) is 33.8 Å². The zero-order valence-corrected chi connectivity index (χ0v) is 17.8. The van der Waals surface area contributed by atoms with Crippen LogP contribution in [0.4, 0.5) is 10.5 Å². The number of hydrogen-bond acceptors (Lipinski definition) is 8. The molecule has 3 rings (SSSR count). The summed E-state index contributed by atoms with van der Waals surface area (Å²) < 4.78 is 11.4. The van der Waals surface area contributed by atoms with Gasteiger partial charge < -0.3 is 20.1 Å². The lowest BCUT2D eigenvalue weighted by Gasteiger charge is -2.16. The van der Waals surface area contributed by atoms with Crippen molar-refractivity contribution < 1.29 is 19.1 Å². The molecule has 1 aromatic carbocycles. The summed E-state index contributed by atoms with van der Waals surface area (Å²) >= 11 is 6.24. The molecule has 31 heavy (non-hydrogen) atoms. The highest BCUT2D eigenvalue weighted by atomic mass is 35.5. The Kier molecular flexibility index (Phi) is 6.98. The minimum atomic E-state index is -0.527. The van der Waals surface area contributed by atoms with E-state index in [2.05, 4.69) is 35.4 Å². The highest BCUT2D eigenvalue weighted by Crippen LogP contribution is 2.30. The first-order valence-electron chi connectivity index (χ1n) is 9.13. The number of ether oxygens (including phenoxy) is 2. The van der Waals surface area contributed by atoms with Crippen LogP contribution in [0.1, 0.15) is 24.4 Å². The lowest BCUT2D eigenvalue weighted by Crippen LogP contribution is -2.32. The molecule has 0 aliphatic rings. The van der Waals surface area contributed by atoms with Crippen molar-refractivity contribution in [1.82, 2.24) is 30.0 Å². The SMILES string of the molecule is COC(=O)COc1cc(NC(=O)NC(C)c2ncnn2-c2ncccn2)c(Cl)cc1C. The number of nitrogens with zero attached hydrogens (tertiary/aromatic N) is 5. The Hall–Kier alpha value is -3.73. The normalized spacial score (nSPS) is 11.5. The van der Waals surface area contributed by atoms with Crippen LogP contribution in [0, 0.1) is 6.92 Å². The van der Waals surface area contributed by atoms with E-state index < -0.39 is 18.0 Å². The largest absolute Gasteiger partial charge is 0.482 e. The third-order valence-corrected chi connectivity index (χ3v) is 4.45. The van der Waals surface area contributed by atoms with Gasteiger partial charge >= 0.3 is 12.0 Å². The molecule has 1 atom stereocenters. The zero-order chi connectivity index (χ0) is 22.4. The van der Waals surface area contributed by atoms with E-state index >= 15 is 0 Å². The van der Waals surface area contributed by atoms with E-state index in [1.807, 2.05) is 0 Å². The molecule has 2 heterocycles. The maximum absolute atomic E-state index is 12.5. The summed E-state index contributed by atoms with van der Waals surface area (Å²) in [5, 5.41) is 9.84. The number of amides is 2. The zero-order valence-electron chi connectivity index (χ0n) is 17.0. The fourth-order valence-electron chi connectivity index (χ4n) is 2.62. The molecule has 0 fully saturated rings. The smallest absolute Gasteiger partial charge is 0.343 e. The van der Waals surface area contributed by atoms with Gasteiger partial charge in [0.1, 0.15) is 12.1 Å². The van der Waals surface area contributed by atoms with Gasteiger partial charge in [-0.15, -0.1) is 0 Å². The lowest BCUT2D eigenvalue weighted by atomic mass is 10.2. The summed E-state index contributed by atoms with van der Waals surface area (Å²) in [5.74, 6) is 0.637. The number of nitrogens with one attached hydrogen (secondary N) is 2. The summed E-state index contributed by atoms with van der Waals surface area (Å²) in [4.78, 5) is 36.3. The van der Waals surface area contributed by atoms with Gasteiger partial charge in [-0.25, -0.2) is 24.5 Å². The first-order chi connectivity index (χ1) is 14.9. The van der Waals surface area contributed by atoms with Crippen molar-refractivity contribution in [3.05, 3.63) is 53.3 Å². The number of hydrogen-bond donors (Lipinski definition) is 2. The van der Waals surface area contributed by atoms with E-state index in [4.69, 9.17) is 16.3 Å². The summed E-state index contributed by atoms with van der Waals surface area (Å²) in [6.07, 6.45) is 4.51. The van der Waals surface area contributed by atoms with E-state index in [-0.39, 0.29) is 6.61 Å². The summed E-state index contributed by atoms with van der Waals surface area (Å²) in [6, 6.07) is 3.79. The maximum Gasteiger partial charge on any atom is 0.343 e. The molecule has 162 valence electrons. The van der Waals surface area contributed by atoms with Gasteiger partial charge in [0.15, 0.2) is 12.4 Å². The second kappa shape index (κ2) is 9.85. The van der Waals surface area contributed by atoms with Crippen LogP contribution in [0.15, 0.2) is 36.9 Å². The predicted octanol–water partition coefficient (Wildman–Crippen LogP) is 2.45. The van der Waals surface area contributed by atoms with Crippen LogP contribution in [0.3, 0.4) is 0 Å². The molecule has 0 radical (unpaired) electrons. The molecule has 0 saturated heterocycles. The van der Waals surface area contributed by atoms with Crippen molar-refractivity contribution in [2.24, 2.45) is 0 Å². The number of anilines is 1. The van der Waals surface area contributed by atoms with Gasteiger partial charge in [-0.1, -0.05) is 11.6 Å². The van der Waals surface area contributed by atoms with E-state index in [0.717, 1.165) is 0 Å². The Morgan fingerprint density at radius 3 is 2.68 bits per heavy atom. The van der Waals surface area contributed by atoms with Crippen molar-refractivity contribution >= 4 is 29.3 Å². The highest BCUT2D eigenvalue weighted by molar-refractivity contribution is 6.33. The summed E-state index contributed by atoms with van der Waals surface area (Å²) in [6.45, 7) is 3.24. The van der Waals surface area contributed by atoms with Gasteiger partial charge in [-0.05, 0) is 31.5 Å². The highest BCUT2D eigenvalue weighted by Gasteiger charge is 2.19. The molecule has 0 aliphatic heterocycles. The summed E-state index contributed by atoms with van der Waals surface area (Å²) in [7, 11) is 1.27. The van der Waals surface area contributed by atoms with Gasteiger partial charge in [0.25, 0.3) is 5.95 Å². The number of carbonyl (C=O) groups is 2. The molecule has 1 unspecified atom stereocenters. The van der Waals surface area contributed by atoms with Crippen molar-refractivity contribution in [3.8, 4) is 11.7 Å². The Morgan fingerprint density at radius 1 is 1.23 bits per heavy atom. The monoisotopic (exact) mass is 445 g/mol. The van der Waals surface area contributed by atoms with Gasteiger partial charge in [-0.2, -0.15) is 9.78 Å². The molecule has 12 heteroatoms. The molecule has 11 nitrogen and oxygen atoms in total. The van der Waals surface area contributed by atoms with Crippen molar-refractivity contribution in [2.75, 3.05) is 19.0 Å². The average molecular weight is 446 g/mol. The minimum Gasteiger partial charge on any atom is -0.482 e. The molecule has 0 saturated carbocycles. The number of carbonyl (C=O) groups excluding carboxylic acids is 2. The lowest BCUT2D eigenvalue weighted by molar-refractivity contribution is -0.142. The van der Waals surface area contributed by atoms with Crippen LogP contribution in [0.2, 0.25) is 5.02 Å². The Morgan fingerprint density at radius 2 is 1.97 bits per heavy atom. The van der Waals surface area contributed by atoms with Gasteiger partial charge in [-0.3, -0.25) is 0 Å². The minimum absolute atomic E-state index is 0.265. The molecule has 0 bridgehead atoms. The predicted molar refractivity (Wildman–Crippen MR) is 111 cm³/mol. The molecule has 0 aliphatic carbocycles. The van der Waals surface area contributed by atoms with Crippen LogP contribution in [-0.4, -0.2) is 50.4 Å². The quantitative estimate of drug-likeness (QED) is 0.530. The van der Waals surface area contributed by atoms with E-state index in [1.165, 1.54) is 24.2 Å². The van der Waals surface area contributed by atoms with Crippen molar-refractivity contribution in [2.45, 2.75) is 19.9 Å². The maximum atomic E-state index is 12.5. The van der Waals surface area contributed by atoms with Crippen LogP contribution < -0.4 is 15.4 Å². The number of benzene rings is 1. The van der Waals surface area contributed by atoms with Crippen LogP contribution in [0.5, 0.6) is 5.75 Å². The van der Waals surface area contributed by atoms with Gasteiger partial charge in [0.05, 0.1) is 23.9 Å². The second-order valence-electron chi connectivity index (χ2n) is 6.36. The molecule has 2 aromatic heterocycles.